The standard InChI is InChI=1S/C18H17IN2O2/c19-16-4-2-1-3-15(16)18(23)21-14-7-5-12(6-8-14)11-17(22)20-13-9-10-13/h1-8,13H,9-11H2,(H,20,22)(H,21,23). The second-order valence-electron chi connectivity index (χ2n) is 5.65. The van der Waals surface area contributed by atoms with E-state index in [1.807, 2.05) is 42.5 Å². The van der Waals surface area contributed by atoms with E-state index >= 15 is 0 Å². The Bertz CT molecular complexity index is 724. The van der Waals surface area contributed by atoms with Gasteiger partial charge in [-0.05, 0) is 65.3 Å². The number of benzene rings is 2. The Morgan fingerprint density at radius 2 is 1.74 bits per heavy atom. The first-order valence-electron chi connectivity index (χ1n) is 7.56. The Balaban J connectivity index is 1.59. The van der Waals surface area contributed by atoms with Crippen molar-refractivity contribution in [3.05, 3.63) is 63.2 Å². The number of halogens is 1. The third kappa shape index (κ3) is 4.54. The first kappa shape index (κ1) is 16.0. The molecule has 4 nitrogen and oxygen atoms in total. The molecule has 0 heterocycles. The highest BCUT2D eigenvalue weighted by Gasteiger charge is 2.23. The minimum absolute atomic E-state index is 0.0584. The third-order valence-corrected chi connectivity index (χ3v) is 4.58. The van der Waals surface area contributed by atoms with E-state index in [9.17, 15) is 9.59 Å². The third-order valence-electron chi connectivity index (χ3n) is 3.64. The fourth-order valence-corrected chi connectivity index (χ4v) is 2.87. The second kappa shape index (κ2) is 7.12. The highest BCUT2D eigenvalue weighted by Crippen LogP contribution is 2.19. The Morgan fingerprint density at radius 1 is 1.04 bits per heavy atom. The minimum Gasteiger partial charge on any atom is -0.353 e. The molecule has 118 valence electrons. The van der Waals surface area contributed by atoms with Gasteiger partial charge in [0.15, 0.2) is 0 Å². The highest BCUT2D eigenvalue weighted by atomic mass is 127. The maximum absolute atomic E-state index is 12.2. The molecular formula is C18H17IN2O2. The Kier molecular flexibility index (Phi) is 4.95. The predicted molar refractivity (Wildman–Crippen MR) is 98.4 cm³/mol. The highest BCUT2D eigenvalue weighted by molar-refractivity contribution is 14.1. The van der Waals surface area contributed by atoms with Crippen molar-refractivity contribution in [2.45, 2.75) is 25.3 Å². The van der Waals surface area contributed by atoms with Gasteiger partial charge < -0.3 is 10.6 Å². The molecule has 1 aliphatic rings. The van der Waals surface area contributed by atoms with Crippen molar-refractivity contribution >= 4 is 40.1 Å². The van der Waals surface area contributed by atoms with Crippen LogP contribution in [0.2, 0.25) is 0 Å². The molecule has 1 fully saturated rings. The van der Waals surface area contributed by atoms with Gasteiger partial charge in [-0.1, -0.05) is 24.3 Å². The Morgan fingerprint density at radius 3 is 2.39 bits per heavy atom. The molecule has 1 saturated carbocycles. The van der Waals surface area contributed by atoms with E-state index in [2.05, 4.69) is 33.2 Å². The second-order valence-corrected chi connectivity index (χ2v) is 6.81. The molecule has 0 bridgehead atoms. The summed E-state index contributed by atoms with van der Waals surface area (Å²) in [6, 6.07) is 15.2. The summed E-state index contributed by atoms with van der Waals surface area (Å²) >= 11 is 2.15. The summed E-state index contributed by atoms with van der Waals surface area (Å²) in [6.45, 7) is 0. The molecule has 2 aromatic rings. The van der Waals surface area contributed by atoms with Crippen LogP contribution in [-0.2, 0) is 11.2 Å². The lowest BCUT2D eigenvalue weighted by atomic mass is 10.1. The first-order chi connectivity index (χ1) is 11.1. The van der Waals surface area contributed by atoms with E-state index in [0.29, 0.717) is 18.0 Å². The number of hydrogen-bond donors (Lipinski definition) is 2. The van der Waals surface area contributed by atoms with E-state index < -0.39 is 0 Å². The molecule has 2 aromatic carbocycles. The van der Waals surface area contributed by atoms with Crippen LogP contribution in [0.15, 0.2) is 48.5 Å². The van der Waals surface area contributed by atoms with Crippen molar-refractivity contribution in [1.82, 2.24) is 5.32 Å². The molecule has 0 saturated heterocycles. The van der Waals surface area contributed by atoms with Gasteiger partial charge in [0.1, 0.15) is 0 Å². The molecule has 0 aliphatic heterocycles. The van der Waals surface area contributed by atoms with Crippen LogP contribution in [0.1, 0.15) is 28.8 Å². The van der Waals surface area contributed by atoms with Crippen molar-refractivity contribution in [3.8, 4) is 0 Å². The van der Waals surface area contributed by atoms with E-state index in [4.69, 9.17) is 0 Å². The normalized spacial score (nSPS) is 13.4. The van der Waals surface area contributed by atoms with Crippen molar-refractivity contribution in [2.24, 2.45) is 0 Å². The van der Waals surface area contributed by atoms with Gasteiger partial charge in [-0.15, -0.1) is 0 Å². The number of amides is 2. The molecule has 0 aromatic heterocycles. The first-order valence-corrected chi connectivity index (χ1v) is 8.64. The summed E-state index contributed by atoms with van der Waals surface area (Å²) in [5.74, 6) is -0.0719. The number of rotatable bonds is 5. The van der Waals surface area contributed by atoms with Gasteiger partial charge in [0.25, 0.3) is 5.91 Å². The van der Waals surface area contributed by atoms with Crippen LogP contribution in [0.3, 0.4) is 0 Å². The Hall–Kier alpha value is -1.89. The minimum atomic E-state index is -0.130. The molecule has 0 atom stereocenters. The maximum atomic E-state index is 12.2. The molecule has 0 spiro atoms. The lowest BCUT2D eigenvalue weighted by Crippen LogP contribution is -2.26. The average molecular weight is 420 g/mol. The summed E-state index contributed by atoms with van der Waals surface area (Å²) < 4.78 is 0.913. The molecule has 0 radical (unpaired) electrons. The fraction of sp³-hybridized carbons (Fsp3) is 0.222. The molecule has 23 heavy (non-hydrogen) atoms. The molecule has 1 aliphatic carbocycles. The monoisotopic (exact) mass is 420 g/mol. The number of anilines is 1. The topological polar surface area (TPSA) is 58.2 Å². The fourth-order valence-electron chi connectivity index (χ4n) is 2.24. The Labute approximate surface area is 148 Å². The molecular weight excluding hydrogens is 403 g/mol. The van der Waals surface area contributed by atoms with E-state index in [1.165, 1.54) is 0 Å². The zero-order valence-corrected chi connectivity index (χ0v) is 14.7. The zero-order chi connectivity index (χ0) is 16.2. The summed E-state index contributed by atoms with van der Waals surface area (Å²) in [5.41, 5.74) is 2.32. The number of carbonyl (C=O) groups is 2. The quantitative estimate of drug-likeness (QED) is 0.729. The van der Waals surface area contributed by atoms with Crippen LogP contribution in [0.4, 0.5) is 5.69 Å². The van der Waals surface area contributed by atoms with Crippen molar-refractivity contribution in [1.29, 1.82) is 0 Å². The van der Waals surface area contributed by atoms with Gasteiger partial charge >= 0.3 is 0 Å². The zero-order valence-electron chi connectivity index (χ0n) is 12.5. The van der Waals surface area contributed by atoms with Gasteiger partial charge in [0.05, 0.1) is 12.0 Å². The molecule has 2 N–H and O–H groups in total. The van der Waals surface area contributed by atoms with E-state index in [-0.39, 0.29) is 11.8 Å². The number of carbonyl (C=O) groups excluding carboxylic acids is 2. The van der Waals surface area contributed by atoms with Crippen molar-refractivity contribution in [3.63, 3.8) is 0 Å². The van der Waals surface area contributed by atoms with Crippen molar-refractivity contribution in [2.75, 3.05) is 5.32 Å². The van der Waals surface area contributed by atoms with Crippen LogP contribution < -0.4 is 10.6 Å². The molecule has 2 amide bonds. The average Bonchev–Trinajstić information content (AvgIpc) is 3.33. The van der Waals surface area contributed by atoms with E-state index in [1.54, 1.807) is 6.07 Å². The molecule has 3 rings (SSSR count). The lowest BCUT2D eigenvalue weighted by Gasteiger charge is -2.08. The maximum Gasteiger partial charge on any atom is 0.256 e. The summed E-state index contributed by atoms with van der Waals surface area (Å²) in [6.07, 6.45) is 2.56. The van der Waals surface area contributed by atoms with Crippen LogP contribution in [0.25, 0.3) is 0 Å². The predicted octanol–water partition coefficient (Wildman–Crippen LogP) is 3.36. The van der Waals surface area contributed by atoms with Crippen LogP contribution in [0, 0.1) is 3.57 Å². The van der Waals surface area contributed by atoms with Crippen LogP contribution in [-0.4, -0.2) is 17.9 Å². The molecule has 0 unspecified atom stereocenters. The lowest BCUT2D eigenvalue weighted by molar-refractivity contribution is -0.120. The van der Waals surface area contributed by atoms with Gasteiger partial charge in [0, 0.05) is 15.3 Å². The van der Waals surface area contributed by atoms with E-state index in [0.717, 1.165) is 27.7 Å². The van der Waals surface area contributed by atoms with Crippen LogP contribution in [0.5, 0.6) is 0 Å². The van der Waals surface area contributed by atoms with Crippen molar-refractivity contribution < 1.29 is 9.59 Å². The number of hydrogen-bond acceptors (Lipinski definition) is 2. The summed E-state index contributed by atoms with van der Waals surface area (Å²) in [5, 5.41) is 5.84. The smallest absolute Gasteiger partial charge is 0.256 e. The van der Waals surface area contributed by atoms with Gasteiger partial charge in [-0.25, -0.2) is 0 Å². The summed E-state index contributed by atoms with van der Waals surface area (Å²) in [7, 11) is 0. The largest absolute Gasteiger partial charge is 0.353 e. The van der Waals surface area contributed by atoms with Gasteiger partial charge in [-0.2, -0.15) is 0 Å². The summed E-state index contributed by atoms with van der Waals surface area (Å²) in [4.78, 5) is 24.0. The van der Waals surface area contributed by atoms with Crippen LogP contribution >= 0.6 is 22.6 Å². The van der Waals surface area contributed by atoms with Gasteiger partial charge in [0.2, 0.25) is 5.91 Å². The number of nitrogens with one attached hydrogen (secondary N) is 2. The molecule has 5 heteroatoms. The SMILES string of the molecule is O=C(Cc1ccc(NC(=O)c2ccccc2I)cc1)NC1CC1. The van der Waals surface area contributed by atoms with Gasteiger partial charge in [-0.3, -0.25) is 9.59 Å².